The molecule has 0 bridgehead atoms. The highest BCUT2D eigenvalue weighted by atomic mass is 19.1. The van der Waals surface area contributed by atoms with Gasteiger partial charge >= 0.3 is 12.0 Å². The fourth-order valence-electron chi connectivity index (χ4n) is 2.43. The number of urea groups is 1. The summed E-state index contributed by atoms with van der Waals surface area (Å²) in [6.45, 7) is -0.134. The van der Waals surface area contributed by atoms with E-state index in [0.29, 0.717) is 19.3 Å². The van der Waals surface area contributed by atoms with Crippen molar-refractivity contribution >= 4 is 12.0 Å². The van der Waals surface area contributed by atoms with E-state index >= 15 is 0 Å². The van der Waals surface area contributed by atoms with Crippen LogP contribution in [-0.2, 0) is 11.3 Å². The summed E-state index contributed by atoms with van der Waals surface area (Å²) in [6.07, 6.45) is 1.51. The second kappa shape index (κ2) is 6.51. The number of amides is 2. The van der Waals surface area contributed by atoms with Crippen molar-refractivity contribution in [2.45, 2.75) is 31.8 Å². The Labute approximate surface area is 120 Å². The van der Waals surface area contributed by atoms with Gasteiger partial charge in [0, 0.05) is 18.2 Å². The number of hydrogen-bond donors (Lipinski definition) is 3. The molecular formula is C14H16F2N2O3. The lowest BCUT2D eigenvalue weighted by atomic mass is 10.1. The van der Waals surface area contributed by atoms with Gasteiger partial charge in [-0.25, -0.2) is 13.6 Å². The van der Waals surface area contributed by atoms with Crippen molar-refractivity contribution in [1.29, 1.82) is 0 Å². The smallest absolute Gasteiger partial charge is 0.315 e. The summed E-state index contributed by atoms with van der Waals surface area (Å²) >= 11 is 0. The van der Waals surface area contributed by atoms with Gasteiger partial charge in [0.2, 0.25) is 0 Å². The summed E-state index contributed by atoms with van der Waals surface area (Å²) < 4.78 is 26.3. The Hall–Kier alpha value is -2.18. The molecule has 114 valence electrons. The van der Waals surface area contributed by atoms with E-state index in [4.69, 9.17) is 5.11 Å². The minimum Gasteiger partial charge on any atom is -0.481 e. The van der Waals surface area contributed by atoms with E-state index in [2.05, 4.69) is 10.6 Å². The molecule has 1 aromatic rings. The predicted molar refractivity (Wildman–Crippen MR) is 70.5 cm³/mol. The SMILES string of the molecule is O=C(NCc1cc(F)ccc1F)NC1CCC(C(=O)O)C1. The van der Waals surface area contributed by atoms with Crippen LogP contribution in [-0.4, -0.2) is 23.1 Å². The molecule has 2 atom stereocenters. The second-order valence-corrected chi connectivity index (χ2v) is 5.11. The molecule has 0 aromatic heterocycles. The molecule has 2 rings (SSSR count). The minimum atomic E-state index is -0.860. The van der Waals surface area contributed by atoms with Crippen molar-refractivity contribution in [1.82, 2.24) is 10.6 Å². The molecule has 1 saturated carbocycles. The normalized spacial score (nSPS) is 21.0. The quantitative estimate of drug-likeness (QED) is 0.795. The average molecular weight is 298 g/mol. The van der Waals surface area contributed by atoms with E-state index in [-0.39, 0.29) is 18.2 Å². The van der Waals surface area contributed by atoms with Crippen LogP contribution in [0.25, 0.3) is 0 Å². The molecule has 21 heavy (non-hydrogen) atoms. The number of hydrogen-bond acceptors (Lipinski definition) is 2. The van der Waals surface area contributed by atoms with Crippen LogP contribution in [0.4, 0.5) is 13.6 Å². The molecule has 7 heteroatoms. The van der Waals surface area contributed by atoms with Crippen molar-refractivity contribution in [2.75, 3.05) is 0 Å². The number of rotatable bonds is 4. The Morgan fingerprint density at radius 1 is 1.29 bits per heavy atom. The maximum absolute atomic E-state index is 13.4. The second-order valence-electron chi connectivity index (χ2n) is 5.11. The first kappa shape index (κ1) is 15.2. The first-order valence-corrected chi connectivity index (χ1v) is 6.67. The van der Waals surface area contributed by atoms with Gasteiger partial charge in [-0.15, -0.1) is 0 Å². The fraction of sp³-hybridized carbons (Fsp3) is 0.429. The number of nitrogens with one attached hydrogen (secondary N) is 2. The van der Waals surface area contributed by atoms with Crippen LogP contribution < -0.4 is 10.6 Å². The van der Waals surface area contributed by atoms with Crippen LogP contribution in [0.2, 0.25) is 0 Å². The summed E-state index contributed by atoms with van der Waals surface area (Å²) in [5.41, 5.74) is 0.0555. The van der Waals surface area contributed by atoms with Gasteiger partial charge < -0.3 is 15.7 Å². The largest absolute Gasteiger partial charge is 0.481 e. The van der Waals surface area contributed by atoms with Crippen molar-refractivity contribution in [2.24, 2.45) is 5.92 Å². The summed E-state index contributed by atoms with van der Waals surface area (Å²) in [5, 5.41) is 13.9. The summed E-state index contributed by atoms with van der Waals surface area (Å²) in [7, 11) is 0. The number of aliphatic carboxylic acids is 1. The molecular weight excluding hydrogens is 282 g/mol. The highest BCUT2D eigenvalue weighted by molar-refractivity contribution is 5.75. The number of carboxylic acids is 1. The maximum atomic E-state index is 13.4. The molecule has 0 heterocycles. The van der Waals surface area contributed by atoms with E-state index in [1.807, 2.05) is 0 Å². The molecule has 5 nitrogen and oxygen atoms in total. The van der Waals surface area contributed by atoms with Crippen LogP contribution >= 0.6 is 0 Å². The number of benzene rings is 1. The zero-order valence-electron chi connectivity index (χ0n) is 11.2. The van der Waals surface area contributed by atoms with Gasteiger partial charge in [0.1, 0.15) is 11.6 Å². The zero-order valence-corrected chi connectivity index (χ0v) is 11.2. The first-order valence-electron chi connectivity index (χ1n) is 6.67. The number of carbonyl (C=O) groups excluding carboxylic acids is 1. The highest BCUT2D eigenvalue weighted by Crippen LogP contribution is 2.25. The monoisotopic (exact) mass is 298 g/mol. The van der Waals surface area contributed by atoms with Gasteiger partial charge in [0.05, 0.1) is 5.92 Å². The van der Waals surface area contributed by atoms with Crippen LogP contribution in [0.1, 0.15) is 24.8 Å². The van der Waals surface area contributed by atoms with Crippen LogP contribution in [0, 0.1) is 17.6 Å². The zero-order chi connectivity index (χ0) is 15.4. The molecule has 2 unspecified atom stereocenters. The lowest BCUT2D eigenvalue weighted by molar-refractivity contribution is -0.141. The summed E-state index contributed by atoms with van der Waals surface area (Å²) in [6, 6.07) is 2.30. The molecule has 2 amide bonds. The molecule has 0 saturated heterocycles. The number of carboxylic acid groups (broad SMARTS) is 1. The Kier molecular flexibility index (Phi) is 4.72. The number of halogens is 2. The van der Waals surface area contributed by atoms with Crippen LogP contribution in [0.3, 0.4) is 0 Å². The van der Waals surface area contributed by atoms with E-state index < -0.39 is 29.6 Å². The topological polar surface area (TPSA) is 78.4 Å². The van der Waals surface area contributed by atoms with Gasteiger partial charge in [-0.1, -0.05) is 0 Å². The Bertz CT molecular complexity index is 551. The van der Waals surface area contributed by atoms with E-state index in [1.165, 1.54) is 0 Å². The predicted octanol–water partition coefficient (Wildman–Crippen LogP) is 2.02. The molecule has 1 aromatic carbocycles. The molecule has 0 radical (unpaired) electrons. The molecule has 1 aliphatic carbocycles. The highest BCUT2D eigenvalue weighted by Gasteiger charge is 2.30. The van der Waals surface area contributed by atoms with Crippen molar-refractivity contribution < 1.29 is 23.5 Å². The Morgan fingerprint density at radius 2 is 2.05 bits per heavy atom. The van der Waals surface area contributed by atoms with Gasteiger partial charge in [-0.2, -0.15) is 0 Å². The van der Waals surface area contributed by atoms with Crippen molar-refractivity contribution in [3.8, 4) is 0 Å². The molecule has 0 spiro atoms. The summed E-state index contributed by atoms with van der Waals surface area (Å²) in [4.78, 5) is 22.5. The number of carbonyl (C=O) groups is 2. The first-order chi connectivity index (χ1) is 9.95. The Morgan fingerprint density at radius 3 is 2.71 bits per heavy atom. The molecule has 0 aliphatic heterocycles. The van der Waals surface area contributed by atoms with E-state index in [0.717, 1.165) is 18.2 Å². The standard InChI is InChI=1S/C14H16F2N2O3/c15-10-2-4-12(16)9(5-10)7-17-14(21)18-11-3-1-8(6-11)13(19)20/h2,4-5,8,11H,1,3,6-7H2,(H,19,20)(H2,17,18,21). The lowest BCUT2D eigenvalue weighted by Gasteiger charge is -2.13. The van der Waals surface area contributed by atoms with E-state index in [9.17, 15) is 18.4 Å². The van der Waals surface area contributed by atoms with Crippen molar-refractivity contribution in [3.63, 3.8) is 0 Å². The lowest BCUT2D eigenvalue weighted by Crippen LogP contribution is -2.41. The third-order valence-electron chi connectivity index (χ3n) is 3.56. The van der Waals surface area contributed by atoms with Crippen LogP contribution in [0.15, 0.2) is 18.2 Å². The maximum Gasteiger partial charge on any atom is 0.315 e. The average Bonchev–Trinajstić information content (AvgIpc) is 2.88. The third kappa shape index (κ3) is 4.14. The van der Waals surface area contributed by atoms with Crippen molar-refractivity contribution in [3.05, 3.63) is 35.4 Å². The summed E-state index contributed by atoms with van der Waals surface area (Å²) in [5.74, 6) is -2.46. The fourth-order valence-corrected chi connectivity index (χ4v) is 2.43. The van der Waals surface area contributed by atoms with Gasteiger partial charge in [-0.3, -0.25) is 4.79 Å². The molecule has 3 N–H and O–H groups in total. The third-order valence-corrected chi connectivity index (χ3v) is 3.56. The van der Waals surface area contributed by atoms with Gasteiger partial charge in [-0.05, 0) is 37.5 Å². The molecule has 1 aliphatic rings. The van der Waals surface area contributed by atoms with Gasteiger partial charge in [0.15, 0.2) is 0 Å². The Balaban J connectivity index is 1.80. The van der Waals surface area contributed by atoms with Crippen LogP contribution in [0.5, 0.6) is 0 Å². The van der Waals surface area contributed by atoms with E-state index in [1.54, 1.807) is 0 Å². The van der Waals surface area contributed by atoms with Gasteiger partial charge in [0.25, 0.3) is 0 Å². The molecule has 1 fully saturated rings. The minimum absolute atomic E-state index is 0.0555.